The molecule has 0 bridgehead atoms. The second kappa shape index (κ2) is 9.41. The van der Waals surface area contributed by atoms with Crippen LogP contribution in [0.1, 0.15) is 40.5 Å². The van der Waals surface area contributed by atoms with Crippen molar-refractivity contribution in [3.05, 3.63) is 84.9 Å². The molecular formula is C26H32O2S. The van der Waals surface area contributed by atoms with Crippen molar-refractivity contribution >= 4 is 10.3 Å². The average Bonchev–Trinajstić information content (AvgIpc) is 2.73. The van der Waals surface area contributed by atoms with E-state index in [0.717, 1.165) is 30.9 Å². The van der Waals surface area contributed by atoms with Crippen molar-refractivity contribution in [2.45, 2.75) is 55.1 Å². The predicted octanol–water partition coefficient (Wildman–Crippen LogP) is 7.88. The molecule has 0 saturated heterocycles. The van der Waals surface area contributed by atoms with Crippen LogP contribution < -0.4 is 8.92 Å². The van der Waals surface area contributed by atoms with E-state index in [9.17, 15) is 0 Å². The van der Waals surface area contributed by atoms with Crippen LogP contribution in [0.5, 0.6) is 11.5 Å². The number of unbranched alkanes of at least 4 members (excludes halogenated alkanes) is 1. The maximum absolute atomic E-state index is 6.95. The highest BCUT2D eigenvalue weighted by atomic mass is 32.3. The molecule has 0 radical (unpaired) electrons. The van der Waals surface area contributed by atoms with Crippen molar-refractivity contribution in [3.63, 3.8) is 0 Å². The molecule has 3 rings (SSSR count). The molecule has 0 fully saturated rings. The zero-order valence-electron chi connectivity index (χ0n) is 17.9. The lowest BCUT2D eigenvalue weighted by molar-refractivity contribution is 0.309. The molecule has 3 heteroatoms. The summed E-state index contributed by atoms with van der Waals surface area (Å²) in [5.41, 5.74) is 0. The third-order valence-corrected chi connectivity index (χ3v) is 8.86. The number of ether oxygens (including phenoxy) is 1. The Morgan fingerprint density at radius 1 is 0.690 bits per heavy atom. The van der Waals surface area contributed by atoms with E-state index in [2.05, 4.69) is 88.4 Å². The molecule has 29 heavy (non-hydrogen) atoms. The van der Waals surface area contributed by atoms with Gasteiger partial charge in [0.1, 0.15) is 11.5 Å². The average molecular weight is 409 g/mol. The fourth-order valence-corrected chi connectivity index (χ4v) is 6.97. The van der Waals surface area contributed by atoms with Crippen LogP contribution in [0, 0.1) is 0 Å². The first kappa shape index (κ1) is 21.3. The fraction of sp³-hybridized carbons (Fsp3) is 0.308. The van der Waals surface area contributed by atoms with Gasteiger partial charge in [0, 0.05) is 14.5 Å². The topological polar surface area (TPSA) is 18.5 Å². The molecule has 0 atom stereocenters. The Balaban J connectivity index is 2.02. The second-order valence-electron chi connectivity index (χ2n) is 8.05. The summed E-state index contributed by atoms with van der Waals surface area (Å²) < 4.78 is 12.7. The standard InChI is InChI=1S/C26H32O2S/c1-5-6-21-27-22-17-19-23(20-18-22)28-29(26(2,3)4,24-13-9-7-10-14-24)25-15-11-8-12-16-25/h7-20H,5-6,21H2,1-4H3. The molecule has 0 aliphatic carbocycles. The van der Waals surface area contributed by atoms with E-state index >= 15 is 0 Å². The van der Waals surface area contributed by atoms with Crippen molar-refractivity contribution in [2.75, 3.05) is 6.61 Å². The SMILES string of the molecule is CCCCOc1ccc(OS(c2ccccc2)(c2ccccc2)C(C)(C)C)cc1. The van der Waals surface area contributed by atoms with Crippen LogP contribution in [-0.2, 0) is 0 Å². The van der Waals surface area contributed by atoms with Gasteiger partial charge in [0.25, 0.3) is 0 Å². The van der Waals surface area contributed by atoms with E-state index in [1.807, 2.05) is 24.3 Å². The van der Waals surface area contributed by atoms with Gasteiger partial charge >= 0.3 is 0 Å². The van der Waals surface area contributed by atoms with Crippen molar-refractivity contribution in [2.24, 2.45) is 0 Å². The smallest absolute Gasteiger partial charge is 0.136 e. The van der Waals surface area contributed by atoms with Crippen LogP contribution in [0.2, 0.25) is 0 Å². The lowest BCUT2D eigenvalue weighted by Gasteiger charge is -2.50. The third-order valence-electron chi connectivity index (χ3n) is 4.82. The molecule has 154 valence electrons. The minimum Gasteiger partial charge on any atom is -0.494 e. The molecule has 2 nitrogen and oxygen atoms in total. The number of benzene rings is 3. The summed E-state index contributed by atoms with van der Waals surface area (Å²) in [6, 6.07) is 29.3. The number of hydrogen-bond donors (Lipinski definition) is 0. The highest BCUT2D eigenvalue weighted by molar-refractivity contribution is 8.31. The molecule has 0 aromatic heterocycles. The first-order valence-corrected chi connectivity index (χ1v) is 11.9. The molecule has 3 aromatic rings. The van der Waals surface area contributed by atoms with Gasteiger partial charge in [-0.1, -0.05) is 49.7 Å². The Kier molecular flexibility index (Phi) is 6.92. The minimum absolute atomic E-state index is 0.105. The lowest BCUT2D eigenvalue weighted by atomic mass is 10.3. The highest BCUT2D eigenvalue weighted by Crippen LogP contribution is 2.70. The minimum atomic E-state index is -1.80. The van der Waals surface area contributed by atoms with Crippen molar-refractivity contribution in [1.82, 2.24) is 0 Å². The van der Waals surface area contributed by atoms with Gasteiger partial charge < -0.3 is 8.92 Å². The maximum atomic E-state index is 6.95. The van der Waals surface area contributed by atoms with Crippen LogP contribution in [0.15, 0.2) is 94.7 Å². The lowest BCUT2D eigenvalue weighted by Crippen LogP contribution is -2.29. The van der Waals surface area contributed by atoms with Gasteiger partial charge in [-0.25, -0.2) is 0 Å². The Morgan fingerprint density at radius 2 is 1.17 bits per heavy atom. The van der Waals surface area contributed by atoms with Crippen molar-refractivity contribution < 1.29 is 8.92 Å². The third kappa shape index (κ3) is 4.79. The van der Waals surface area contributed by atoms with Crippen LogP contribution in [0.3, 0.4) is 0 Å². The molecule has 0 N–H and O–H groups in total. The first-order valence-electron chi connectivity index (χ1n) is 10.3. The van der Waals surface area contributed by atoms with E-state index in [1.165, 1.54) is 9.79 Å². The van der Waals surface area contributed by atoms with E-state index < -0.39 is 10.3 Å². The normalized spacial score (nSPS) is 12.4. The van der Waals surface area contributed by atoms with Crippen molar-refractivity contribution in [3.8, 4) is 11.5 Å². The zero-order chi connectivity index (χ0) is 20.7. The monoisotopic (exact) mass is 408 g/mol. The van der Waals surface area contributed by atoms with Crippen molar-refractivity contribution in [1.29, 1.82) is 0 Å². The van der Waals surface area contributed by atoms with Gasteiger partial charge in [-0.3, -0.25) is 0 Å². The van der Waals surface area contributed by atoms with Crippen LogP contribution >= 0.6 is 10.3 Å². The van der Waals surface area contributed by atoms with Gasteiger partial charge in [-0.15, -0.1) is 0 Å². The Bertz CT molecular complexity index is 829. The molecular weight excluding hydrogens is 376 g/mol. The summed E-state index contributed by atoms with van der Waals surface area (Å²) in [5.74, 6) is 1.76. The molecule has 3 aromatic carbocycles. The molecule has 0 amide bonds. The second-order valence-corrected chi connectivity index (χ2v) is 11.5. The van der Waals surface area contributed by atoms with E-state index in [0.29, 0.717) is 0 Å². The fourth-order valence-electron chi connectivity index (χ4n) is 3.36. The molecule has 0 aliphatic rings. The van der Waals surface area contributed by atoms with E-state index in [1.54, 1.807) is 0 Å². The molecule has 0 saturated carbocycles. The van der Waals surface area contributed by atoms with Gasteiger partial charge in [-0.2, -0.15) is 0 Å². The van der Waals surface area contributed by atoms with Crippen LogP contribution in [-0.4, -0.2) is 11.4 Å². The molecule has 0 spiro atoms. The predicted molar refractivity (Wildman–Crippen MR) is 124 cm³/mol. The number of hydrogen-bond acceptors (Lipinski definition) is 2. The van der Waals surface area contributed by atoms with Gasteiger partial charge in [0.05, 0.1) is 6.61 Å². The van der Waals surface area contributed by atoms with Gasteiger partial charge in [0.2, 0.25) is 0 Å². The summed E-state index contributed by atoms with van der Waals surface area (Å²) in [7, 11) is -1.80. The Hall–Kier alpha value is -2.39. The summed E-state index contributed by atoms with van der Waals surface area (Å²) in [4.78, 5) is 2.45. The summed E-state index contributed by atoms with van der Waals surface area (Å²) in [5, 5.41) is 0. The Labute approximate surface area is 177 Å². The summed E-state index contributed by atoms with van der Waals surface area (Å²) >= 11 is 0. The van der Waals surface area contributed by atoms with E-state index in [-0.39, 0.29) is 4.75 Å². The number of rotatable bonds is 8. The molecule has 0 unspecified atom stereocenters. The quantitative estimate of drug-likeness (QED) is 0.353. The zero-order valence-corrected chi connectivity index (χ0v) is 18.7. The van der Waals surface area contributed by atoms with Crippen LogP contribution in [0.25, 0.3) is 0 Å². The summed E-state index contributed by atoms with van der Waals surface area (Å²) in [6.07, 6.45) is 2.20. The highest BCUT2D eigenvalue weighted by Gasteiger charge is 2.42. The maximum Gasteiger partial charge on any atom is 0.136 e. The Morgan fingerprint density at radius 3 is 1.62 bits per heavy atom. The van der Waals surface area contributed by atoms with E-state index in [4.69, 9.17) is 8.92 Å². The van der Waals surface area contributed by atoms with Gasteiger partial charge in [0.15, 0.2) is 0 Å². The largest absolute Gasteiger partial charge is 0.494 e. The molecule has 0 aliphatic heterocycles. The first-order chi connectivity index (χ1) is 14.0. The van der Waals surface area contributed by atoms with Crippen LogP contribution in [0.4, 0.5) is 0 Å². The molecule has 0 heterocycles. The summed E-state index contributed by atoms with van der Waals surface area (Å²) in [6.45, 7) is 9.73. The van der Waals surface area contributed by atoms with Gasteiger partial charge in [-0.05, 0) is 86.0 Å².